The van der Waals surface area contributed by atoms with Gasteiger partial charge in [0.1, 0.15) is 5.01 Å². The molecule has 1 aromatic heterocycles. The van der Waals surface area contributed by atoms with Crippen LogP contribution in [-0.2, 0) is 6.54 Å². The molecule has 1 aliphatic heterocycles. The topological polar surface area (TPSA) is 41.1 Å². The Labute approximate surface area is 117 Å². The SMILES string of the molecule is Clc1nnc(CN(CC2CCCCN2)C2CC2)s1. The van der Waals surface area contributed by atoms with Crippen molar-refractivity contribution in [3.05, 3.63) is 9.47 Å². The lowest BCUT2D eigenvalue weighted by atomic mass is 10.0. The summed E-state index contributed by atoms with van der Waals surface area (Å²) in [5.74, 6) is 0. The largest absolute Gasteiger partial charge is 0.313 e. The van der Waals surface area contributed by atoms with Gasteiger partial charge in [0.05, 0.1) is 6.54 Å². The van der Waals surface area contributed by atoms with Gasteiger partial charge in [-0.1, -0.05) is 17.8 Å². The number of halogens is 1. The highest BCUT2D eigenvalue weighted by molar-refractivity contribution is 7.15. The molecule has 4 nitrogen and oxygen atoms in total. The van der Waals surface area contributed by atoms with E-state index in [0.29, 0.717) is 10.5 Å². The second-order valence-electron chi connectivity index (χ2n) is 5.26. The first kappa shape index (κ1) is 12.8. The lowest BCUT2D eigenvalue weighted by Gasteiger charge is -2.30. The fourth-order valence-electron chi connectivity index (χ4n) is 2.62. The zero-order valence-corrected chi connectivity index (χ0v) is 12.0. The molecule has 1 saturated carbocycles. The van der Waals surface area contributed by atoms with Gasteiger partial charge in [-0.15, -0.1) is 10.2 Å². The maximum Gasteiger partial charge on any atom is 0.207 e. The summed E-state index contributed by atoms with van der Waals surface area (Å²) in [4.78, 5) is 2.56. The highest BCUT2D eigenvalue weighted by atomic mass is 35.5. The second kappa shape index (κ2) is 5.82. The van der Waals surface area contributed by atoms with Gasteiger partial charge in [0.2, 0.25) is 4.47 Å². The summed E-state index contributed by atoms with van der Waals surface area (Å²) in [6.45, 7) is 3.23. The summed E-state index contributed by atoms with van der Waals surface area (Å²) in [5.41, 5.74) is 0. The number of hydrogen-bond acceptors (Lipinski definition) is 5. The van der Waals surface area contributed by atoms with Crippen LogP contribution in [0, 0.1) is 0 Å². The van der Waals surface area contributed by atoms with E-state index < -0.39 is 0 Å². The summed E-state index contributed by atoms with van der Waals surface area (Å²) in [6.07, 6.45) is 6.66. The quantitative estimate of drug-likeness (QED) is 0.902. The van der Waals surface area contributed by atoms with Gasteiger partial charge in [-0.25, -0.2) is 0 Å². The second-order valence-corrected chi connectivity index (χ2v) is 6.90. The maximum atomic E-state index is 5.84. The zero-order chi connectivity index (χ0) is 12.4. The third-order valence-electron chi connectivity index (χ3n) is 3.71. The normalized spacial score (nSPS) is 24.7. The summed E-state index contributed by atoms with van der Waals surface area (Å²) < 4.78 is 0.552. The van der Waals surface area contributed by atoms with Crippen molar-refractivity contribution in [3.8, 4) is 0 Å². The van der Waals surface area contributed by atoms with Crippen LogP contribution < -0.4 is 5.32 Å². The average Bonchev–Trinajstić information content (AvgIpc) is 3.15. The molecule has 2 heterocycles. The number of nitrogens with zero attached hydrogens (tertiary/aromatic N) is 3. The molecular weight excluding hydrogens is 268 g/mol. The summed E-state index contributed by atoms with van der Waals surface area (Å²) in [7, 11) is 0. The van der Waals surface area contributed by atoms with Crippen LogP contribution in [0.3, 0.4) is 0 Å². The van der Waals surface area contributed by atoms with Gasteiger partial charge in [-0.2, -0.15) is 0 Å². The molecular formula is C12H19ClN4S. The first-order valence-corrected chi connectivity index (χ1v) is 7.96. The predicted octanol–water partition coefficient (Wildman–Crippen LogP) is 2.30. The van der Waals surface area contributed by atoms with Gasteiger partial charge in [0.15, 0.2) is 0 Å². The van der Waals surface area contributed by atoms with Crippen LogP contribution in [-0.4, -0.2) is 40.3 Å². The van der Waals surface area contributed by atoms with Crippen LogP contribution in [0.15, 0.2) is 0 Å². The molecule has 1 atom stereocenters. The van der Waals surface area contributed by atoms with Crippen molar-refractivity contribution in [2.45, 2.75) is 50.7 Å². The van der Waals surface area contributed by atoms with Crippen molar-refractivity contribution in [3.63, 3.8) is 0 Å². The molecule has 1 aliphatic carbocycles. The molecule has 0 amide bonds. The minimum Gasteiger partial charge on any atom is -0.313 e. The van der Waals surface area contributed by atoms with Crippen molar-refractivity contribution in [2.24, 2.45) is 0 Å². The van der Waals surface area contributed by atoms with Crippen molar-refractivity contribution < 1.29 is 0 Å². The molecule has 6 heteroatoms. The van der Waals surface area contributed by atoms with Gasteiger partial charge >= 0.3 is 0 Å². The Morgan fingerprint density at radius 3 is 2.78 bits per heavy atom. The molecule has 0 radical (unpaired) electrons. The van der Waals surface area contributed by atoms with E-state index in [2.05, 4.69) is 20.4 Å². The van der Waals surface area contributed by atoms with E-state index in [9.17, 15) is 0 Å². The first-order valence-electron chi connectivity index (χ1n) is 6.76. The van der Waals surface area contributed by atoms with Crippen LogP contribution in [0.25, 0.3) is 0 Å². The molecule has 3 rings (SSSR count). The minimum atomic E-state index is 0.552. The van der Waals surface area contributed by atoms with E-state index in [0.717, 1.165) is 24.1 Å². The Kier molecular flexibility index (Phi) is 4.13. The van der Waals surface area contributed by atoms with Crippen LogP contribution in [0.1, 0.15) is 37.1 Å². The molecule has 2 aliphatic rings. The summed E-state index contributed by atoms with van der Waals surface area (Å²) >= 11 is 7.35. The Hall–Kier alpha value is -0.230. The highest BCUT2D eigenvalue weighted by Gasteiger charge is 2.31. The van der Waals surface area contributed by atoms with E-state index in [4.69, 9.17) is 11.6 Å². The molecule has 1 aromatic rings. The summed E-state index contributed by atoms with van der Waals surface area (Å²) in [5, 5.41) is 12.7. The predicted molar refractivity (Wildman–Crippen MR) is 74.0 cm³/mol. The van der Waals surface area contributed by atoms with Gasteiger partial charge in [-0.05, 0) is 43.8 Å². The van der Waals surface area contributed by atoms with Crippen molar-refractivity contribution in [2.75, 3.05) is 13.1 Å². The minimum absolute atomic E-state index is 0.552. The third-order valence-corrected chi connectivity index (χ3v) is 4.71. The van der Waals surface area contributed by atoms with Gasteiger partial charge < -0.3 is 5.32 Å². The number of rotatable bonds is 5. The molecule has 1 N–H and O–H groups in total. The standard InChI is InChI=1S/C12H19ClN4S/c13-12-16-15-11(18-12)8-17(10-4-5-10)7-9-3-1-2-6-14-9/h9-10,14H,1-8H2. The van der Waals surface area contributed by atoms with Crippen molar-refractivity contribution in [1.82, 2.24) is 20.4 Å². The zero-order valence-electron chi connectivity index (χ0n) is 10.4. The molecule has 0 bridgehead atoms. The molecule has 1 saturated heterocycles. The molecule has 18 heavy (non-hydrogen) atoms. The maximum absolute atomic E-state index is 5.84. The van der Waals surface area contributed by atoms with Crippen molar-refractivity contribution >= 4 is 22.9 Å². The fourth-order valence-corrected chi connectivity index (χ4v) is 3.51. The Morgan fingerprint density at radius 2 is 2.17 bits per heavy atom. The molecule has 1 unspecified atom stereocenters. The summed E-state index contributed by atoms with van der Waals surface area (Å²) in [6, 6.07) is 1.42. The average molecular weight is 287 g/mol. The first-order chi connectivity index (χ1) is 8.81. The lowest BCUT2D eigenvalue weighted by Crippen LogP contribution is -2.44. The van der Waals surface area contributed by atoms with Gasteiger partial charge in [-0.3, -0.25) is 4.90 Å². The smallest absolute Gasteiger partial charge is 0.207 e. The van der Waals surface area contributed by atoms with Crippen molar-refractivity contribution in [1.29, 1.82) is 0 Å². The van der Waals surface area contributed by atoms with E-state index in [1.807, 2.05) is 0 Å². The van der Waals surface area contributed by atoms with Crippen LogP contribution in [0.2, 0.25) is 4.47 Å². The Morgan fingerprint density at radius 1 is 1.28 bits per heavy atom. The van der Waals surface area contributed by atoms with E-state index in [1.165, 1.54) is 50.0 Å². The molecule has 100 valence electrons. The third kappa shape index (κ3) is 3.41. The highest BCUT2D eigenvalue weighted by Crippen LogP contribution is 2.30. The van der Waals surface area contributed by atoms with E-state index in [1.54, 1.807) is 0 Å². The number of nitrogens with one attached hydrogen (secondary N) is 1. The lowest BCUT2D eigenvalue weighted by molar-refractivity contribution is 0.207. The van der Waals surface area contributed by atoms with Crippen LogP contribution in [0.5, 0.6) is 0 Å². The Bertz CT molecular complexity index is 387. The van der Waals surface area contributed by atoms with E-state index >= 15 is 0 Å². The van der Waals surface area contributed by atoms with Crippen LogP contribution in [0.4, 0.5) is 0 Å². The molecule has 2 fully saturated rings. The Balaban J connectivity index is 1.57. The van der Waals surface area contributed by atoms with Crippen LogP contribution >= 0.6 is 22.9 Å². The monoisotopic (exact) mass is 286 g/mol. The van der Waals surface area contributed by atoms with Gasteiger partial charge in [0.25, 0.3) is 0 Å². The number of aromatic nitrogens is 2. The fraction of sp³-hybridized carbons (Fsp3) is 0.833. The molecule has 0 spiro atoms. The van der Waals surface area contributed by atoms with E-state index in [-0.39, 0.29) is 0 Å². The van der Waals surface area contributed by atoms with Gasteiger partial charge in [0, 0.05) is 18.6 Å². The molecule has 0 aromatic carbocycles. The number of hydrogen-bond donors (Lipinski definition) is 1. The number of piperidine rings is 1.